The monoisotopic (exact) mass is 483 g/mol. The van der Waals surface area contributed by atoms with E-state index in [2.05, 4.69) is 20.4 Å². The van der Waals surface area contributed by atoms with Gasteiger partial charge in [-0.3, -0.25) is 4.57 Å². The van der Waals surface area contributed by atoms with Gasteiger partial charge in [0.25, 0.3) is 0 Å². The molecule has 0 bridgehead atoms. The van der Waals surface area contributed by atoms with Gasteiger partial charge in [0.1, 0.15) is 18.1 Å². The minimum Gasteiger partial charge on any atom is -0.494 e. The van der Waals surface area contributed by atoms with E-state index in [0.29, 0.717) is 40.2 Å². The third-order valence-electron chi connectivity index (χ3n) is 5.02. The average molecular weight is 484 g/mol. The van der Waals surface area contributed by atoms with Crippen LogP contribution in [0, 0.1) is 0 Å². The van der Waals surface area contributed by atoms with Gasteiger partial charge in [-0.1, -0.05) is 23.4 Å². The van der Waals surface area contributed by atoms with Crippen LogP contribution in [0.4, 0.5) is 0 Å². The van der Waals surface area contributed by atoms with E-state index in [0.717, 1.165) is 35.9 Å². The molecule has 2 aromatic carbocycles. The van der Waals surface area contributed by atoms with E-state index >= 15 is 0 Å². The van der Waals surface area contributed by atoms with Gasteiger partial charge in [0, 0.05) is 16.6 Å². The van der Waals surface area contributed by atoms with Gasteiger partial charge in [0.05, 0.1) is 12.4 Å². The lowest BCUT2D eigenvalue weighted by Crippen LogP contribution is -2.06. The van der Waals surface area contributed by atoms with Crippen LogP contribution in [0.1, 0.15) is 43.3 Å². The number of rotatable bonds is 10. The molecule has 0 radical (unpaired) electrons. The molecule has 0 unspecified atom stereocenters. The number of ether oxygens (including phenoxy) is 2. The summed E-state index contributed by atoms with van der Waals surface area (Å²) in [6.45, 7) is 2.82. The van der Waals surface area contributed by atoms with E-state index < -0.39 is 0 Å². The summed E-state index contributed by atoms with van der Waals surface area (Å²) in [5, 5.41) is 18.4. The Balaban J connectivity index is 1.33. The summed E-state index contributed by atoms with van der Waals surface area (Å²) in [5.74, 6) is 4.44. The Morgan fingerprint density at radius 2 is 1.70 bits per heavy atom. The van der Waals surface area contributed by atoms with Crippen LogP contribution in [0.5, 0.6) is 11.5 Å². The van der Waals surface area contributed by atoms with Gasteiger partial charge in [0.2, 0.25) is 11.8 Å². The van der Waals surface area contributed by atoms with Gasteiger partial charge in [-0.05, 0) is 68.3 Å². The lowest BCUT2D eigenvalue weighted by Gasteiger charge is -2.11. The molecule has 1 aliphatic carbocycles. The van der Waals surface area contributed by atoms with E-state index in [9.17, 15) is 0 Å². The zero-order valence-electron chi connectivity index (χ0n) is 18.0. The molecule has 2 aromatic heterocycles. The highest BCUT2D eigenvalue weighted by atomic mass is 35.5. The third kappa shape index (κ3) is 5.31. The molecule has 10 heteroatoms. The molecule has 33 heavy (non-hydrogen) atoms. The molecule has 0 aliphatic heterocycles. The molecule has 8 nitrogen and oxygen atoms in total. The van der Waals surface area contributed by atoms with Crippen molar-refractivity contribution in [1.29, 1.82) is 0 Å². The summed E-state index contributed by atoms with van der Waals surface area (Å²) < 4.78 is 19.2. The van der Waals surface area contributed by atoms with Gasteiger partial charge < -0.3 is 13.9 Å². The van der Waals surface area contributed by atoms with Crippen molar-refractivity contribution in [2.45, 2.75) is 43.2 Å². The van der Waals surface area contributed by atoms with Crippen molar-refractivity contribution in [1.82, 2.24) is 25.0 Å². The van der Waals surface area contributed by atoms with Crippen LogP contribution in [0.25, 0.3) is 5.69 Å². The van der Waals surface area contributed by atoms with Crippen molar-refractivity contribution in [2.75, 3.05) is 6.61 Å². The SMILES string of the molecule is CCOc1ccc(OCc2nnc(SCc3nnc(C4CC4)o3)n2-c2ccc(Cl)cc2)cc1. The number of nitrogens with zero attached hydrogens (tertiary/aromatic N) is 5. The van der Waals surface area contributed by atoms with Crippen molar-refractivity contribution in [2.24, 2.45) is 0 Å². The standard InChI is InChI=1S/C23H22ClN5O3S/c1-2-30-18-9-11-19(12-10-18)31-13-20-25-28-23(29(20)17-7-5-16(24)6-8-17)33-14-21-26-27-22(32-21)15-3-4-15/h5-12,15H,2-4,13-14H2,1H3. The van der Waals surface area contributed by atoms with E-state index in [-0.39, 0.29) is 6.61 Å². The first-order valence-corrected chi connectivity index (χ1v) is 12.1. The minimum absolute atomic E-state index is 0.247. The molecule has 1 saturated carbocycles. The molecule has 0 N–H and O–H groups in total. The topological polar surface area (TPSA) is 88.1 Å². The third-order valence-corrected chi connectivity index (χ3v) is 6.19. The largest absolute Gasteiger partial charge is 0.494 e. The molecule has 0 atom stereocenters. The molecular weight excluding hydrogens is 462 g/mol. The van der Waals surface area contributed by atoms with Crippen LogP contribution in [-0.4, -0.2) is 31.6 Å². The lowest BCUT2D eigenvalue weighted by molar-refractivity contribution is 0.291. The number of hydrogen-bond donors (Lipinski definition) is 0. The summed E-state index contributed by atoms with van der Waals surface area (Å²) >= 11 is 7.58. The Bertz CT molecular complexity index is 1210. The molecule has 4 aromatic rings. The fourth-order valence-electron chi connectivity index (χ4n) is 3.23. The van der Waals surface area contributed by atoms with Crippen molar-refractivity contribution in [3.8, 4) is 17.2 Å². The van der Waals surface area contributed by atoms with Gasteiger partial charge in [-0.2, -0.15) is 0 Å². The molecule has 0 amide bonds. The Morgan fingerprint density at radius 1 is 0.970 bits per heavy atom. The Kier molecular flexibility index (Phi) is 6.50. The normalized spacial score (nSPS) is 13.3. The average Bonchev–Trinajstić information content (AvgIpc) is 3.44. The second-order valence-corrected chi connectivity index (χ2v) is 8.88. The van der Waals surface area contributed by atoms with Crippen LogP contribution >= 0.6 is 23.4 Å². The van der Waals surface area contributed by atoms with Gasteiger partial charge in [-0.15, -0.1) is 20.4 Å². The van der Waals surface area contributed by atoms with E-state index in [4.69, 9.17) is 25.5 Å². The summed E-state index contributed by atoms with van der Waals surface area (Å²) in [4.78, 5) is 0. The van der Waals surface area contributed by atoms with Crippen LogP contribution in [0.2, 0.25) is 5.02 Å². The summed E-state index contributed by atoms with van der Waals surface area (Å²) in [5.41, 5.74) is 0.890. The Hall–Kier alpha value is -3.04. The molecule has 5 rings (SSSR count). The van der Waals surface area contributed by atoms with Crippen LogP contribution < -0.4 is 9.47 Å². The van der Waals surface area contributed by atoms with Gasteiger partial charge in [0.15, 0.2) is 11.0 Å². The second kappa shape index (κ2) is 9.84. The second-order valence-electron chi connectivity index (χ2n) is 7.50. The highest BCUT2D eigenvalue weighted by molar-refractivity contribution is 7.98. The number of hydrogen-bond acceptors (Lipinski definition) is 8. The Morgan fingerprint density at radius 3 is 2.39 bits per heavy atom. The summed E-state index contributed by atoms with van der Waals surface area (Å²) in [7, 11) is 0. The van der Waals surface area contributed by atoms with Gasteiger partial charge >= 0.3 is 0 Å². The maximum absolute atomic E-state index is 6.09. The minimum atomic E-state index is 0.247. The first-order chi connectivity index (χ1) is 16.2. The van der Waals surface area contributed by atoms with Gasteiger partial charge in [-0.25, -0.2) is 0 Å². The highest BCUT2D eigenvalue weighted by Gasteiger charge is 2.29. The van der Waals surface area contributed by atoms with Crippen LogP contribution in [-0.2, 0) is 12.4 Å². The van der Waals surface area contributed by atoms with E-state index in [1.807, 2.05) is 60.0 Å². The molecule has 2 heterocycles. The first-order valence-electron chi connectivity index (χ1n) is 10.7. The summed E-state index contributed by atoms with van der Waals surface area (Å²) in [6, 6.07) is 15.0. The lowest BCUT2D eigenvalue weighted by atomic mass is 10.3. The predicted molar refractivity (Wildman–Crippen MR) is 124 cm³/mol. The number of benzene rings is 2. The number of aromatic nitrogens is 5. The zero-order chi connectivity index (χ0) is 22.6. The summed E-state index contributed by atoms with van der Waals surface area (Å²) in [6.07, 6.45) is 2.24. The van der Waals surface area contributed by atoms with Crippen LogP contribution in [0.3, 0.4) is 0 Å². The predicted octanol–water partition coefficient (Wildman–Crippen LogP) is 5.45. The Labute approximate surface area is 200 Å². The molecule has 1 fully saturated rings. The fraction of sp³-hybridized carbons (Fsp3) is 0.304. The van der Waals surface area contributed by atoms with Crippen molar-refractivity contribution in [3.63, 3.8) is 0 Å². The zero-order valence-corrected chi connectivity index (χ0v) is 19.6. The molecule has 1 aliphatic rings. The molecule has 170 valence electrons. The van der Waals surface area contributed by atoms with Crippen molar-refractivity contribution < 1.29 is 13.9 Å². The smallest absolute Gasteiger partial charge is 0.226 e. The van der Waals surface area contributed by atoms with E-state index in [1.54, 1.807) is 0 Å². The fourth-order valence-corrected chi connectivity index (χ4v) is 4.16. The van der Waals surface area contributed by atoms with Crippen molar-refractivity contribution >= 4 is 23.4 Å². The molecular formula is C23H22ClN5O3S. The molecule has 0 spiro atoms. The quantitative estimate of drug-likeness (QED) is 0.275. The highest BCUT2D eigenvalue weighted by Crippen LogP contribution is 2.39. The maximum atomic E-state index is 6.09. The first kappa shape index (κ1) is 21.8. The maximum Gasteiger partial charge on any atom is 0.226 e. The van der Waals surface area contributed by atoms with Crippen molar-refractivity contribution in [3.05, 3.63) is 71.2 Å². The van der Waals surface area contributed by atoms with Crippen LogP contribution in [0.15, 0.2) is 58.1 Å². The van der Waals surface area contributed by atoms with E-state index in [1.165, 1.54) is 11.8 Å². The number of halogens is 1. The number of thioether (sulfide) groups is 1. The molecule has 0 saturated heterocycles.